The van der Waals surface area contributed by atoms with Crippen LogP contribution in [0.2, 0.25) is 0 Å². The maximum atomic E-state index is 14.9. The molecular formula is C21H16F6N4O5. The molecule has 4 N–H and O–H groups in total. The zero-order chi connectivity index (χ0) is 26.6. The lowest BCUT2D eigenvalue weighted by atomic mass is 10.0. The minimum Gasteiger partial charge on any atom is -0.475 e. The summed E-state index contributed by atoms with van der Waals surface area (Å²) < 4.78 is 83.9. The topological polar surface area (TPSA) is 132 Å². The lowest BCUT2D eigenvalue weighted by Crippen LogP contribution is -2.21. The normalized spacial score (nSPS) is 12.1. The lowest BCUT2D eigenvalue weighted by molar-refractivity contribution is -0.192. The molecule has 192 valence electrons. The summed E-state index contributed by atoms with van der Waals surface area (Å²) in [6.07, 6.45) is -7.42. The van der Waals surface area contributed by atoms with Crippen molar-refractivity contribution in [3.63, 3.8) is 0 Å². The van der Waals surface area contributed by atoms with Crippen LogP contribution in [-0.4, -0.2) is 45.4 Å². The third kappa shape index (κ3) is 5.86. The number of nitrogens with zero attached hydrogens (tertiary/aromatic N) is 2. The third-order valence-corrected chi connectivity index (χ3v) is 4.76. The summed E-state index contributed by atoms with van der Waals surface area (Å²) >= 11 is 0. The number of carboxylic acid groups (broad SMARTS) is 1. The Morgan fingerprint density at radius 2 is 1.72 bits per heavy atom. The van der Waals surface area contributed by atoms with Crippen LogP contribution in [0.3, 0.4) is 0 Å². The average Bonchev–Trinajstić information content (AvgIpc) is 3.42. The van der Waals surface area contributed by atoms with Crippen molar-refractivity contribution >= 4 is 5.97 Å². The second kappa shape index (κ2) is 10.6. The summed E-state index contributed by atoms with van der Waals surface area (Å²) in [7, 11) is 0. The second-order valence-electron chi connectivity index (χ2n) is 7.06. The molecule has 1 aliphatic rings. The minimum absolute atomic E-state index is 0.0713. The van der Waals surface area contributed by atoms with Gasteiger partial charge in [0, 0.05) is 18.5 Å². The van der Waals surface area contributed by atoms with Crippen LogP contribution in [-0.2, 0) is 11.2 Å². The largest absolute Gasteiger partial charge is 0.490 e. The van der Waals surface area contributed by atoms with E-state index in [1.54, 1.807) is 24.3 Å². The van der Waals surface area contributed by atoms with Gasteiger partial charge in [-0.15, -0.1) is 0 Å². The van der Waals surface area contributed by atoms with Crippen LogP contribution in [0.4, 0.5) is 26.3 Å². The van der Waals surface area contributed by atoms with Gasteiger partial charge in [-0.25, -0.2) is 23.6 Å². The number of hydrogen-bond acceptors (Lipinski definition) is 6. The molecule has 3 aromatic rings. The van der Waals surface area contributed by atoms with E-state index in [4.69, 9.17) is 25.1 Å². The highest BCUT2D eigenvalue weighted by molar-refractivity contribution is 5.73. The summed E-state index contributed by atoms with van der Waals surface area (Å²) in [6.45, 7) is -0.286. The smallest absolute Gasteiger partial charge is 0.475 e. The van der Waals surface area contributed by atoms with E-state index in [9.17, 15) is 31.1 Å². The van der Waals surface area contributed by atoms with Gasteiger partial charge in [0.05, 0.1) is 5.69 Å². The highest BCUT2D eigenvalue weighted by Gasteiger charge is 2.38. The quantitative estimate of drug-likeness (QED) is 0.441. The highest BCUT2D eigenvalue weighted by atomic mass is 19.4. The van der Waals surface area contributed by atoms with Gasteiger partial charge in [-0.3, -0.25) is 0 Å². The van der Waals surface area contributed by atoms with Crippen molar-refractivity contribution in [3.05, 3.63) is 70.2 Å². The highest BCUT2D eigenvalue weighted by Crippen LogP contribution is 2.36. The number of benzene rings is 2. The van der Waals surface area contributed by atoms with Gasteiger partial charge in [0.15, 0.2) is 11.5 Å². The number of nitrogens with two attached hydrogens (primary N) is 1. The van der Waals surface area contributed by atoms with E-state index >= 15 is 0 Å². The molecule has 0 saturated heterocycles. The van der Waals surface area contributed by atoms with Gasteiger partial charge in [0.1, 0.15) is 11.6 Å². The molecule has 0 aliphatic carbocycles. The first-order chi connectivity index (χ1) is 16.9. The zero-order valence-corrected chi connectivity index (χ0v) is 17.9. The van der Waals surface area contributed by atoms with Crippen molar-refractivity contribution in [1.29, 1.82) is 0 Å². The molecule has 0 fully saturated rings. The van der Waals surface area contributed by atoms with Crippen LogP contribution in [0.5, 0.6) is 11.5 Å². The number of rotatable bonds is 5. The van der Waals surface area contributed by atoms with Crippen molar-refractivity contribution in [3.8, 4) is 28.3 Å². The Morgan fingerprint density at radius 1 is 1.11 bits per heavy atom. The number of aromatic nitrogens is 3. The minimum atomic E-state index is -5.08. The Morgan fingerprint density at radius 3 is 2.31 bits per heavy atom. The molecule has 9 nitrogen and oxygen atoms in total. The molecular weight excluding hydrogens is 502 g/mol. The Labute approximate surface area is 197 Å². The molecule has 2 aromatic carbocycles. The number of carboxylic acids is 1. The standard InChI is InChI=1S/C19H15F3N4O3.C2HF3O2/c20-13-5-10(11-2-4-15-16(6-11)29-9-28-15)1-3-14(13)26-17(24-25-19(26)27)7-12(8-23)18(21)22;3-2(4,5)1(6)7/h1-6H,7-9,23H2,(H,25,27);(H,6,7). The summed E-state index contributed by atoms with van der Waals surface area (Å²) in [5, 5.41) is 13.0. The van der Waals surface area contributed by atoms with E-state index in [1.165, 1.54) is 12.1 Å². The fourth-order valence-corrected chi connectivity index (χ4v) is 3.05. The van der Waals surface area contributed by atoms with Crippen LogP contribution in [0.1, 0.15) is 5.82 Å². The third-order valence-electron chi connectivity index (χ3n) is 4.76. The number of carbonyl (C=O) groups is 1. The summed E-state index contributed by atoms with van der Waals surface area (Å²) in [4.78, 5) is 21.0. The number of H-pyrrole nitrogens is 1. The SMILES string of the molecule is NCC(Cc1n[nH]c(=O)n1-c1ccc(-c2ccc3c(c2)OCO3)cc1F)=C(F)F.O=C(O)C(F)(F)F. The maximum Gasteiger partial charge on any atom is 0.490 e. The number of hydrogen-bond donors (Lipinski definition) is 3. The number of aromatic amines is 1. The summed E-state index contributed by atoms with van der Waals surface area (Å²) in [5.41, 5.74) is 5.30. The molecule has 0 radical (unpaired) electrons. The Bertz CT molecular complexity index is 1360. The number of ether oxygens (including phenoxy) is 2. The Kier molecular flexibility index (Phi) is 7.72. The summed E-state index contributed by atoms with van der Waals surface area (Å²) in [5.74, 6) is -2.40. The molecule has 0 amide bonds. The predicted octanol–water partition coefficient (Wildman–Crippen LogP) is 3.38. The average molecular weight is 518 g/mol. The van der Waals surface area contributed by atoms with Crippen LogP contribution in [0, 0.1) is 5.82 Å². The molecule has 4 rings (SSSR count). The Hall–Kier alpha value is -4.27. The number of aliphatic carboxylic acids is 1. The molecule has 1 aromatic heterocycles. The van der Waals surface area contributed by atoms with E-state index in [0.717, 1.165) is 4.57 Å². The van der Waals surface area contributed by atoms with Gasteiger partial charge in [-0.2, -0.15) is 27.1 Å². The first-order valence-corrected chi connectivity index (χ1v) is 9.81. The first kappa shape index (κ1) is 26.3. The predicted molar refractivity (Wildman–Crippen MR) is 111 cm³/mol. The monoisotopic (exact) mass is 518 g/mol. The van der Waals surface area contributed by atoms with Gasteiger partial charge in [-0.1, -0.05) is 12.1 Å². The van der Waals surface area contributed by atoms with Crippen LogP contribution in [0.15, 0.2) is 52.8 Å². The number of fused-ring (bicyclic) bond motifs is 1. The van der Waals surface area contributed by atoms with Crippen molar-refractivity contribution in [2.45, 2.75) is 12.6 Å². The second-order valence-corrected chi connectivity index (χ2v) is 7.06. The van der Waals surface area contributed by atoms with Crippen LogP contribution < -0.4 is 20.9 Å². The van der Waals surface area contributed by atoms with E-state index in [0.29, 0.717) is 22.6 Å². The van der Waals surface area contributed by atoms with E-state index in [1.807, 2.05) is 0 Å². The fourth-order valence-electron chi connectivity index (χ4n) is 3.05. The lowest BCUT2D eigenvalue weighted by Gasteiger charge is -2.10. The molecule has 0 bridgehead atoms. The van der Waals surface area contributed by atoms with Gasteiger partial charge < -0.3 is 20.3 Å². The number of alkyl halides is 3. The van der Waals surface area contributed by atoms with E-state index < -0.39 is 36.3 Å². The molecule has 2 heterocycles. The molecule has 0 atom stereocenters. The fraction of sp³-hybridized carbons (Fsp3) is 0.190. The Balaban J connectivity index is 0.000000454. The van der Waals surface area contributed by atoms with Gasteiger partial charge in [0.2, 0.25) is 6.79 Å². The van der Waals surface area contributed by atoms with Gasteiger partial charge in [0.25, 0.3) is 6.08 Å². The molecule has 36 heavy (non-hydrogen) atoms. The van der Waals surface area contributed by atoms with E-state index in [2.05, 4.69) is 10.2 Å². The van der Waals surface area contributed by atoms with Gasteiger partial charge in [-0.05, 0) is 35.4 Å². The van der Waals surface area contributed by atoms with Crippen LogP contribution >= 0.6 is 0 Å². The molecule has 15 heteroatoms. The molecule has 0 saturated carbocycles. The van der Waals surface area contributed by atoms with Gasteiger partial charge >= 0.3 is 17.8 Å². The molecule has 0 unspecified atom stereocenters. The van der Waals surface area contributed by atoms with Crippen molar-refractivity contribution in [2.24, 2.45) is 5.73 Å². The van der Waals surface area contributed by atoms with E-state index in [-0.39, 0.29) is 30.3 Å². The van der Waals surface area contributed by atoms with Crippen molar-refractivity contribution in [1.82, 2.24) is 14.8 Å². The number of nitrogens with one attached hydrogen (secondary N) is 1. The van der Waals surface area contributed by atoms with Crippen molar-refractivity contribution < 1.29 is 45.7 Å². The van der Waals surface area contributed by atoms with Crippen LogP contribution in [0.25, 0.3) is 16.8 Å². The molecule has 0 spiro atoms. The molecule has 1 aliphatic heterocycles. The number of halogens is 6. The first-order valence-electron chi connectivity index (χ1n) is 9.81. The summed E-state index contributed by atoms with van der Waals surface area (Å²) in [6, 6.07) is 9.41. The van der Waals surface area contributed by atoms with Crippen molar-refractivity contribution in [2.75, 3.05) is 13.3 Å². The maximum absolute atomic E-state index is 14.9. The zero-order valence-electron chi connectivity index (χ0n) is 17.9.